The largest absolute Gasteiger partial charge is 0.380 e. The summed E-state index contributed by atoms with van der Waals surface area (Å²) in [6.45, 7) is 1.62. The minimum absolute atomic E-state index is 0.363. The number of ether oxygens (including phenoxy) is 1. The molecule has 0 unspecified atom stereocenters. The third-order valence-electron chi connectivity index (χ3n) is 2.91. The van der Waals surface area contributed by atoms with E-state index in [0.717, 1.165) is 24.3 Å². The van der Waals surface area contributed by atoms with E-state index in [4.69, 9.17) is 15.0 Å². The summed E-state index contributed by atoms with van der Waals surface area (Å²) >= 11 is 0. The molecule has 0 aliphatic carbocycles. The quantitative estimate of drug-likeness (QED) is 0.834. The molecule has 1 aliphatic rings. The molecule has 1 saturated heterocycles. The Bertz CT molecular complexity index is 503. The van der Waals surface area contributed by atoms with E-state index in [1.807, 2.05) is 12.1 Å². The Morgan fingerprint density at radius 1 is 1.31 bits per heavy atom. The Kier molecular flexibility index (Phi) is 2.15. The molecule has 3 rings (SSSR count). The highest BCUT2D eigenvalue weighted by Crippen LogP contribution is 2.30. The van der Waals surface area contributed by atoms with E-state index in [1.165, 1.54) is 5.56 Å². The highest BCUT2D eigenvalue weighted by molar-refractivity contribution is 5.72. The minimum atomic E-state index is 0.363. The van der Waals surface area contributed by atoms with Crippen molar-refractivity contribution >= 4 is 5.88 Å². The molecule has 0 spiro atoms. The van der Waals surface area contributed by atoms with E-state index < -0.39 is 0 Å². The summed E-state index contributed by atoms with van der Waals surface area (Å²) in [5, 5.41) is 3.68. The van der Waals surface area contributed by atoms with Crippen molar-refractivity contribution in [1.29, 1.82) is 0 Å². The van der Waals surface area contributed by atoms with Crippen molar-refractivity contribution in [1.82, 2.24) is 5.16 Å². The first-order valence-electron chi connectivity index (χ1n) is 5.23. The van der Waals surface area contributed by atoms with Gasteiger partial charge in [-0.25, -0.2) is 0 Å². The lowest BCUT2D eigenvalue weighted by Crippen LogP contribution is -2.24. The molecule has 16 heavy (non-hydrogen) atoms. The number of benzene rings is 1. The maximum absolute atomic E-state index is 5.69. The van der Waals surface area contributed by atoms with Gasteiger partial charge in [0.15, 0.2) is 0 Å². The van der Waals surface area contributed by atoms with Crippen LogP contribution in [0.3, 0.4) is 0 Å². The number of nitrogens with zero attached hydrogens (tertiary/aromatic N) is 1. The number of nitrogen functional groups attached to an aromatic ring is 1. The molecule has 4 heteroatoms. The number of anilines is 1. The molecule has 1 aromatic heterocycles. The van der Waals surface area contributed by atoms with E-state index in [1.54, 1.807) is 6.20 Å². The normalized spacial score (nSPS) is 16.0. The Morgan fingerprint density at radius 3 is 2.81 bits per heavy atom. The van der Waals surface area contributed by atoms with E-state index in [2.05, 4.69) is 17.3 Å². The number of nitrogens with two attached hydrogens (primary N) is 1. The third-order valence-corrected chi connectivity index (χ3v) is 2.91. The van der Waals surface area contributed by atoms with Gasteiger partial charge in [-0.05, 0) is 11.1 Å². The lowest BCUT2D eigenvalue weighted by atomic mass is 9.94. The van der Waals surface area contributed by atoms with Crippen LogP contribution >= 0.6 is 0 Å². The fraction of sp³-hybridized carbons (Fsp3) is 0.250. The van der Waals surface area contributed by atoms with Crippen LogP contribution in [-0.4, -0.2) is 18.4 Å². The summed E-state index contributed by atoms with van der Waals surface area (Å²) in [4.78, 5) is 0. The van der Waals surface area contributed by atoms with E-state index in [0.29, 0.717) is 11.8 Å². The van der Waals surface area contributed by atoms with Gasteiger partial charge in [-0.3, -0.25) is 0 Å². The van der Waals surface area contributed by atoms with Gasteiger partial charge in [0.2, 0.25) is 5.88 Å². The Morgan fingerprint density at radius 2 is 2.19 bits per heavy atom. The number of aromatic nitrogens is 1. The summed E-state index contributed by atoms with van der Waals surface area (Å²) in [6.07, 6.45) is 1.64. The molecule has 0 saturated carbocycles. The fourth-order valence-corrected chi connectivity index (χ4v) is 1.85. The topological polar surface area (TPSA) is 61.3 Å². The second-order valence-electron chi connectivity index (χ2n) is 3.96. The summed E-state index contributed by atoms with van der Waals surface area (Å²) in [5.74, 6) is 0.878. The maximum atomic E-state index is 5.69. The highest BCUT2D eigenvalue weighted by atomic mass is 16.5. The van der Waals surface area contributed by atoms with Gasteiger partial charge in [0.05, 0.1) is 25.0 Å². The van der Waals surface area contributed by atoms with Crippen molar-refractivity contribution in [2.24, 2.45) is 0 Å². The first-order chi connectivity index (χ1) is 7.84. The van der Waals surface area contributed by atoms with Crippen LogP contribution in [-0.2, 0) is 4.74 Å². The van der Waals surface area contributed by atoms with Crippen molar-refractivity contribution < 1.29 is 9.26 Å². The fourth-order valence-electron chi connectivity index (χ4n) is 1.85. The van der Waals surface area contributed by atoms with Crippen LogP contribution in [0.5, 0.6) is 0 Å². The molecular weight excluding hydrogens is 204 g/mol. The molecule has 1 fully saturated rings. The maximum Gasteiger partial charge on any atom is 0.229 e. The molecule has 4 nitrogen and oxygen atoms in total. The molecule has 0 radical (unpaired) electrons. The van der Waals surface area contributed by atoms with Gasteiger partial charge in [0.1, 0.15) is 0 Å². The van der Waals surface area contributed by atoms with Gasteiger partial charge in [0, 0.05) is 5.92 Å². The predicted molar refractivity (Wildman–Crippen MR) is 59.9 cm³/mol. The summed E-state index contributed by atoms with van der Waals surface area (Å²) in [6, 6.07) is 8.26. The standard InChI is InChI=1S/C12H12N2O2/c13-12-11(5-14-16-12)9-3-1-2-8(4-9)10-6-15-7-10/h1-5,10H,6-7,13H2. The second kappa shape index (κ2) is 3.64. The van der Waals surface area contributed by atoms with Gasteiger partial charge >= 0.3 is 0 Å². The van der Waals surface area contributed by atoms with Crippen LogP contribution in [0.15, 0.2) is 35.0 Å². The van der Waals surface area contributed by atoms with Crippen molar-refractivity contribution in [2.75, 3.05) is 18.9 Å². The first-order valence-corrected chi connectivity index (χ1v) is 5.23. The Labute approximate surface area is 93.0 Å². The summed E-state index contributed by atoms with van der Waals surface area (Å²) < 4.78 is 10.1. The number of hydrogen-bond donors (Lipinski definition) is 1. The average Bonchev–Trinajstić information content (AvgIpc) is 2.62. The van der Waals surface area contributed by atoms with Crippen LogP contribution < -0.4 is 5.73 Å². The van der Waals surface area contributed by atoms with Crippen LogP contribution in [0.4, 0.5) is 5.88 Å². The monoisotopic (exact) mass is 216 g/mol. The van der Waals surface area contributed by atoms with Gasteiger partial charge < -0.3 is 15.0 Å². The lowest BCUT2D eigenvalue weighted by Gasteiger charge is -2.26. The molecule has 2 aromatic rings. The molecule has 2 heterocycles. The van der Waals surface area contributed by atoms with Gasteiger partial charge in [-0.1, -0.05) is 29.4 Å². The molecule has 2 N–H and O–H groups in total. The first kappa shape index (κ1) is 9.42. The lowest BCUT2D eigenvalue weighted by molar-refractivity contribution is 0.00844. The number of hydrogen-bond acceptors (Lipinski definition) is 4. The van der Waals surface area contributed by atoms with Crippen LogP contribution in [0, 0.1) is 0 Å². The molecular formula is C12H12N2O2. The van der Waals surface area contributed by atoms with Crippen molar-refractivity contribution in [3.8, 4) is 11.1 Å². The van der Waals surface area contributed by atoms with Gasteiger partial charge in [0.25, 0.3) is 0 Å². The van der Waals surface area contributed by atoms with Crippen LogP contribution in [0.1, 0.15) is 11.5 Å². The molecule has 0 bridgehead atoms. The zero-order chi connectivity index (χ0) is 11.0. The smallest absolute Gasteiger partial charge is 0.229 e. The SMILES string of the molecule is Nc1oncc1-c1cccc(C2COC2)c1. The van der Waals surface area contributed by atoms with E-state index >= 15 is 0 Å². The summed E-state index contributed by atoms with van der Waals surface area (Å²) in [5.41, 5.74) is 8.87. The van der Waals surface area contributed by atoms with Crippen LogP contribution in [0.25, 0.3) is 11.1 Å². The van der Waals surface area contributed by atoms with Gasteiger partial charge in [-0.2, -0.15) is 0 Å². The zero-order valence-electron chi connectivity index (χ0n) is 8.72. The average molecular weight is 216 g/mol. The third kappa shape index (κ3) is 1.47. The predicted octanol–water partition coefficient (Wildman–Crippen LogP) is 2.04. The molecule has 0 amide bonds. The van der Waals surface area contributed by atoms with Crippen molar-refractivity contribution in [2.45, 2.75) is 5.92 Å². The van der Waals surface area contributed by atoms with Crippen molar-refractivity contribution in [3.63, 3.8) is 0 Å². The Balaban J connectivity index is 1.98. The minimum Gasteiger partial charge on any atom is -0.380 e. The molecule has 82 valence electrons. The molecule has 1 aromatic carbocycles. The van der Waals surface area contributed by atoms with E-state index in [-0.39, 0.29) is 0 Å². The number of rotatable bonds is 2. The molecule has 0 atom stereocenters. The van der Waals surface area contributed by atoms with Gasteiger partial charge in [-0.15, -0.1) is 0 Å². The Hall–Kier alpha value is -1.81. The zero-order valence-corrected chi connectivity index (χ0v) is 8.72. The summed E-state index contributed by atoms with van der Waals surface area (Å²) in [7, 11) is 0. The van der Waals surface area contributed by atoms with E-state index in [9.17, 15) is 0 Å². The highest BCUT2D eigenvalue weighted by Gasteiger charge is 2.21. The molecule has 1 aliphatic heterocycles. The second-order valence-corrected chi connectivity index (χ2v) is 3.96. The van der Waals surface area contributed by atoms with Crippen LogP contribution in [0.2, 0.25) is 0 Å². The van der Waals surface area contributed by atoms with Crippen molar-refractivity contribution in [3.05, 3.63) is 36.0 Å².